The molecule has 0 aromatic carbocycles. The fourth-order valence-corrected chi connectivity index (χ4v) is 1.93. The lowest BCUT2D eigenvalue weighted by atomic mass is 10.1. The van der Waals surface area contributed by atoms with Gasteiger partial charge in [-0.2, -0.15) is 0 Å². The molecule has 0 spiro atoms. The van der Waals surface area contributed by atoms with Gasteiger partial charge in [0.25, 0.3) is 0 Å². The first-order chi connectivity index (χ1) is 10.3. The van der Waals surface area contributed by atoms with Crippen LogP contribution in [0.25, 0.3) is 0 Å². The van der Waals surface area contributed by atoms with Gasteiger partial charge < -0.3 is 15.8 Å². The highest BCUT2D eigenvalue weighted by atomic mass is 16.5. The summed E-state index contributed by atoms with van der Waals surface area (Å²) in [7, 11) is 0. The Labute approximate surface area is 128 Å². The number of guanidine groups is 1. The van der Waals surface area contributed by atoms with Gasteiger partial charge in [0.1, 0.15) is 12.4 Å². The summed E-state index contributed by atoms with van der Waals surface area (Å²) in [5, 5.41) is 3.05. The first-order valence-electron chi connectivity index (χ1n) is 7.89. The van der Waals surface area contributed by atoms with Gasteiger partial charge in [-0.05, 0) is 18.6 Å². The number of nitrogens with one attached hydrogen (secondary N) is 1. The van der Waals surface area contributed by atoms with E-state index in [4.69, 9.17) is 10.5 Å². The van der Waals surface area contributed by atoms with Crippen molar-refractivity contribution in [2.45, 2.75) is 45.4 Å². The number of nitrogens with zero attached hydrogens (tertiary/aromatic N) is 2. The summed E-state index contributed by atoms with van der Waals surface area (Å²) >= 11 is 0. The molecule has 5 nitrogen and oxygen atoms in total. The number of hydrogen-bond acceptors (Lipinski definition) is 3. The quantitative estimate of drug-likeness (QED) is 0.374. The second kappa shape index (κ2) is 12.0. The normalized spacial score (nSPS) is 11.4. The lowest BCUT2D eigenvalue weighted by Gasteiger charge is -2.07. The lowest BCUT2D eigenvalue weighted by molar-refractivity contribution is 0.321. The van der Waals surface area contributed by atoms with E-state index < -0.39 is 0 Å². The maximum atomic E-state index is 5.79. The van der Waals surface area contributed by atoms with Gasteiger partial charge in [0.2, 0.25) is 0 Å². The van der Waals surface area contributed by atoms with Crippen LogP contribution in [0.5, 0.6) is 5.75 Å². The van der Waals surface area contributed by atoms with Crippen LogP contribution in [-0.2, 0) is 0 Å². The summed E-state index contributed by atoms with van der Waals surface area (Å²) in [6, 6.07) is 3.72. The predicted octanol–water partition coefficient (Wildman–Crippen LogP) is 2.73. The van der Waals surface area contributed by atoms with Crippen LogP contribution < -0.4 is 15.8 Å². The van der Waals surface area contributed by atoms with E-state index in [-0.39, 0.29) is 0 Å². The van der Waals surface area contributed by atoms with Crippen molar-refractivity contribution in [3.63, 3.8) is 0 Å². The summed E-state index contributed by atoms with van der Waals surface area (Å²) in [5.74, 6) is 1.26. The summed E-state index contributed by atoms with van der Waals surface area (Å²) in [5.41, 5.74) is 5.79. The third-order valence-corrected chi connectivity index (χ3v) is 3.11. The highest BCUT2D eigenvalue weighted by Crippen LogP contribution is 2.05. The van der Waals surface area contributed by atoms with Gasteiger partial charge in [-0.3, -0.25) is 9.98 Å². The van der Waals surface area contributed by atoms with Crippen LogP contribution >= 0.6 is 0 Å². The van der Waals surface area contributed by atoms with Crippen LogP contribution in [0.2, 0.25) is 0 Å². The Morgan fingerprint density at radius 2 is 2.10 bits per heavy atom. The molecule has 0 aliphatic rings. The number of nitrogens with two attached hydrogens (primary N) is 1. The molecule has 0 aliphatic heterocycles. The largest absolute Gasteiger partial charge is 0.490 e. The summed E-state index contributed by atoms with van der Waals surface area (Å²) in [6.07, 6.45) is 11.0. The van der Waals surface area contributed by atoms with Gasteiger partial charge in [-0.25, -0.2) is 0 Å². The Morgan fingerprint density at radius 1 is 1.29 bits per heavy atom. The third kappa shape index (κ3) is 9.71. The van der Waals surface area contributed by atoms with E-state index in [0.717, 1.165) is 18.7 Å². The van der Waals surface area contributed by atoms with Crippen LogP contribution in [0.3, 0.4) is 0 Å². The van der Waals surface area contributed by atoms with Gasteiger partial charge in [-0.1, -0.05) is 39.0 Å². The van der Waals surface area contributed by atoms with Gasteiger partial charge in [0.05, 0.1) is 12.7 Å². The fraction of sp³-hybridized carbons (Fsp3) is 0.625. The molecule has 0 aliphatic carbocycles. The van der Waals surface area contributed by atoms with Crippen LogP contribution in [0.15, 0.2) is 29.5 Å². The molecular weight excluding hydrogens is 264 g/mol. The number of pyridine rings is 1. The van der Waals surface area contributed by atoms with Crippen molar-refractivity contribution in [1.29, 1.82) is 0 Å². The maximum absolute atomic E-state index is 5.79. The topological polar surface area (TPSA) is 72.5 Å². The van der Waals surface area contributed by atoms with Crippen molar-refractivity contribution in [3.8, 4) is 5.75 Å². The van der Waals surface area contributed by atoms with E-state index in [2.05, 4.69) is 22.2 Å². The predicted molar refractivity (Wildman–Crippen MR) is 87.6 cm³/mol. The van der Waals surface area contributed by atoms with Crippen molar-refractivity contribution in [2.24, 2.45) is 10.7 Å². The molecule has 1 aromatic heterocycles. The molecule has 0 radical (unpaired) electrons. The lowest BCUT2D eigenvalue weighted by Crippen LogP contribution is -2.34. The molecule has 0 fully saturated rings. The molecule has 5 heteroatoms. The second-order valence-electron chi connectivity index (χ2n) is 5.00. The van der Waals surface area contributed by atoms with E-state index in [1.165, 1.54) is 32.1 Å². The Bertz CT molecular complexity index is 381. The van der Waals surface area contributed by atoms with E-state index in [9.17, 15) is 0 Å². The molecule has 1 rings (SSSR count). The molecule has 0 saturated heterocycles. The highest BCUT2D eigenvalue weighted by Gasteiger charge is 1.94. The van der Waals surface area contributed by atoms with Gasteiger partial charge in [0.15, 0.2) is 5.96 Å². The van der Waals surface area contributed by atoms with Crippen molar-refractivity contribution >= 4 is 5.96 Å². The summed E-state index contributed by atoms with van der Waals surface area (Å²) < 4.78 is 5.50. The molecule has 0 amide bonds. The van der Waals surface area contributed by atoms with Crippen LogP contribution in [0.1, 0.15) is 45.4 Å². The SMILES string of the molecule is CCCCCCCCN=C(N)NCCOc1cccnc1. The Morgan fingerprint density at radius 3 is 2.86 bits per heavy atom. The fourth-order valence-electron chi connectivity index (χ4n) is 1.93. The van der Waals surface area contributed by atoms with E-state index in [0.29, 0.717) is 19.1 Å². The molecular formula is C16H28N4O. The average molecular weight is 292 g/mol. The standard InChI is InChI=1S/C16H28N4O/c1-2-3-4-5-6-7-11-19-16(17)20-12-13-21-15-9-8-10-18-14-15/h8-10,14H,2-7,11-13H2,1H3,(H3,17,19,20). The summed E-state index contributed by atoms with van der Waals surface area (Å²) in [6.45, 7) is 4.21. The molecule has 118 valence electrons. The molecule has 0 saturated carbocycles. The molecule has 0 bridgehead atoms. The number of rotatable bonds is 11. The Kier molecular flexibility index (Phi) is 9.87. The first kappa shape index (κ1) is 17.3. The molecule has 0 atom stereocenters. The van der Waals surface area contributed by atoms with Gasteiger partial charge >= 0.3 is 0 Å². The number of aliphatic imine (C=N–C) groups is 1. The van der Waals surface area contributed by atoms with Crippen LogP contribution in [0, 0.1) is 0 Å². The smallest absolute Gasteiger partial charge is 0.188 e. The number of aromatic nitrogens is 1. The van der Waals surface area contributed by atoms with E-state index in [1.807, 2.05) is 12.1 Å². The number of hydrogen-bond donors (Lipinski definition) is 2. The monoisotopic (exact) mass is 292 g/mol. The van der Waals surface area contributed by atoms with Crippen LogP contribution in [0.4, 0.5) is 0 Å². The molecule has 1 heterocycles. The second-order valence-corrected chi connectivity index (χ2v) is 5.00. The number of ether oxygens (including phenoxy) is 1. The zero-order chi connectivity index (χ0) is 15.2. The molecule has 1 aromatic rings. The zero-order valence-electron chi connectivity index (χ0n) is 13.1. The Balaban J connectivity index is 1.97. The maximum Gasteiger partial charge on any atom is 0.188 e. The third-order valence-electron chi connectivity index (χ3n) is 3.11. The Hall–Kier alpha value is -1.78. The van der Waals surface area contributed by atoms with E-state index in [1.54, 1.807) is 12.4 Å². The molecule has 21 heavy (non-hydrogen) atoms. The minimum atomic E-state index is 0.498. The van der Waals surface area contributed by atoms with Crippen molar-refractivity contribution in [2.75, 3.05) is 19.7 Å². The minimum Gasteiger partial charge on any atom is -0.490 e. The highest BCUT2D eigenvalue weighted by molar-refractivity contribution is 5.77. The van der Waals surface area contributed by atoms with E-state index >= 15 is 0 Å². The van der Waals surface area contributed by atoms with Crippen molar-refractivity contribution in [3.05, 3.63) is 24.5 Å². The van der Waals surface area contributed by atoms with Crippen molar-refractivity contribution < 1.29 is 4.74 Å². The van der Waals surface area contributed by atoms with Crippen LogP contribution in [-0.4, -0.2) is 30.6 Å². The minimum absolute atomic E-state index is 0.498. The average Bonchev–Trinajstić information content (AvgIpc) is 2.52. The summed E-state index contributed by atoms with van der Waals surface area (Å²) in [4.78, 5) is 8.28. The zero-order valence-corrected chi connectivity index (χ0v) is 13.1. The molecule has 0 unspecified atom stereocenters. The molecule has 3 N–H and O–H groups in total. The van der Waals surface area contributed by atoms with Gasteiger partial charge in [-0.15, -0.1) is 0 Å². The number of unbranched alkanes of at least 4 members (excludes halogenated alkanes) is 5. The van der Waals surface area contributed by atoms with Gasteiger partial charge in [0, 0.05) is 12.7 Å². The van der Waals surface area contributed by atoms with Crippen molar-refractivity contribution in [1.82, 2.24) is 10.3 Å². The first-order valence-corrected chi connectivity index (χ1v) is 7.89.